The van der Waals surface area contributed by atoms with Crippen molar-refractivity contribution in [3.05, 3.63) is 64.3 Å². The quantitative estimate of drug-likeness (QED) is 0.378. The number of carbonyl (C=O) groups excluding carboxylic acids is 3. The van der Waals surface area contributed by atoms with Gasteiger partial charge in [-0.3, -0.25) is 19.3 Å². The molecule has 0 radical (unpaired) electrons. The van der Waals surface area contributed by atoms with Gasteiger partial charge in [-0.25, -0.2) is 9.97 Å². The lowest BCUT2D eigenvalue weighted by atomic mass is 9.95. The van der Waals surface area contributed by atoms with Gasteiger partial charge in [0.1, 0.15) is 23.6 Å². The van der Waals surface area contributed by atoms with Crippen LogP contribution in [0.2, 0.25) is 5.02 Å². The molecule has 1 fully saturated rings. The van der Waals surface area contributed by atoms with Crippen molar-refractivity contribution in [3.8, 4) is 0 Å². The van der Waals surface area contributed by atoms with Gasteiger partial charge in [-0.2, -0.15) is 13.2 Å². The SMILES string of the molecule is Cc1cc(C(F)(F)F)cc(N2C(=O)C[C@@H]3CN(Cc4cn5c(n4)CN(C(=O)CCl)C(C)C5)c4c(Cl)cccc4N(C)C(=O)[C@H]32)n1. The maximum Gasteiger partial charge on any atom is 0.416 e. The number of hydrogen-bond acceptors (Lipinski definition) is 6. The van der Waals surface area contributed by atoms with E-state index in [1.165, 1.54) is 11.8 Å². The molecule has 6 rings (SSSR count). The van der Waals surface area contributed by atoms with Crippen molar-refractivity contribution in [1.82, 2.24) is 19.4 Å². The minimum absolute atomic E-state index is 0.0749. The Bertz CT molecular complexity index is 1700. The fraction of sp³-hybridized carbons (Fsp3) is 0.433. The van der Waals surface area contributed by atoms with Crippen molar-refractivity contribution < 1.29 is 27.6 Å². The van der Waals surface area contributed by atoms with E-state index in [4.69, 9.17) is 28.2 Å². The lowest BCUT2D eigenvalue weighted by molar-refractivity contribution is -0.137. The molecule has 0 saturated carbocycles. The third-order valence-electron chi connectivity index (χ3n) is 8.63. The summed E-state index contributed by atoms with van der Waals surface area (Å²) in [6.45, 7) is 4.65. The first kappa shape index (κ1) is 31.2. The number of anilines is 3. The maximum absolute atomic E-state index is 14.1. The number of rotatable bonds is 4. The number of para-hydroxylation sites is 1. The highest BCUT2D eigenvalue weighted by atomic mass is 35.5. The minimum Gasteiger partial charge on any atom is -0.362 e. The molecule has 1 saturated heterocycles. The van der Waals surface area contributed by atoms with Gasteiger partial charge in [0.15, 0.2) is 0 Å². The van der Waals surface area contributed by atoms with Crippen LogP contribution >= 0.6 is 23.2 Å². The molecular weight excluding hydrogens is 634 g/mol. The summed E-state index contributed by atoms with van der Waals surface area (Å²) in [4.78, 5) is 55.1. The Morgan fingerprint density at radius 3 is 2.60 bits per heavy atom. The summed E-state index contributed by atoms with van der Waals surface area (Å²) >= 11 is 12.6. The molecule has 0 aliphatic carbocycles. The van der Waals surface area contributed by atoms with Crippen LogP contribution in [0.25, 0.3) is 0 Å². The first-order valence-electron chi connectivity index (χ1n) is 14.4. The molecule has 10 nitrogen and oxygen atoms in total. The smallest absolute Gasteiger partial charge is 0.362 e. The normalized spacial score (nSPS) is 21.8. The number of benzene rings is 1. The van der Waals surface area contributed by atoms with Crippen LogP contribution in [-0.2, 0) is 40.2 Å². The number of aryl methyl sites for hydroxylation is 1. The van der Waals surface area contributed by atoms with Crippen molar-refractivity contribution in [3.63, 3.8) is 0 Å². The molecule has 45 heavy (non-hydrogen) atoms. The average molecular weight is 665 g/mol. The van der Waals surface area contributed by atoms with Gasteiger partial charge in [-0.05, 0) is 38.1 Å². The zero-order valence-electron chi connectivity index (χ0n) is 24.7. The van der Waals surface area contributed by atoms with E-state index in [9.17, 15) is 27.6 Å². The third-order valence-corrected chi connectivity index (χ3v) is 9.16. The second-order valence-electron chi connectivity index (χ2n) is 11.7. The molecular formula is C30H30Cl2F3N7O3. The molecule has 3 aromatic rings. The number of likely N-dealkylation sites (N-methyl/N-ethyl adjacent to an activating group) is 1. The molecule has 0 N–H and O–H groups in total. The zero-order chi connectivity index (χ0) is 32.4. The Kier molecular flexibility index (Phi) is 7.97. The van der Waals surface area contributed by atoms with E-state index in [2.05, 4.69) is 4.98 Å². The molecule has 0 bridgehead atoms. The summed E-state index contributed by atoms with van der Waals surface area (Å²) < 4.78 is 43.1. The topological polar surface area (TPSA) is 94.9 Å². The van der Waals surface area contributed by atoms with E-state index < -0.39 is 35.5 Å². The number of alkyl halides is 4. The van der Waals surface area contributed by atoms with Crippen molar-refractivity contribution in [2.24, 2.45) is 5.92 Å². The largest absolute Gasteiger partial charge is 0.416 e. The molecule has 3 amide bonds. The van der Waals surface area contributed by atoms with Gasteiger partial charge in [0.2, 0.25) is 17.7 Å². The fourth-order valence-corrected chi connectivity index (χ4v) is 7.02. The van der Waals surface area contributed by atoms with E-state index in [-0.39, 0.29) is 48.9 Å². The fourth-order valence-electron chi connectivity index (χ4n) is 6.58. The van der Waals surface area contributed by atoms with Crippen molar-refractivity contribution >= 4 is 58.1 Å². The second kappa shape index (κ2) is 11.5. The van der Waals surface area contributed by atoms with Crippen molar-refractivity contribution in [2.75, 3.05) is 34.2 Å². The highest BCUT2D eigenvalue weighted by Gasteiger charge is 2.49. The summed E-state index contributed by atoms with van der Waals surface area (Å²) in [5, 5.41) is 0.387. The second-order valence-corrected chi connectivity index (χ2v) is 12.4. The first-order valence-corrected chi connectivity index (χ1v) is 15.3. The lowest BCUT2D eigenvalue weighted by Crippen LogP contribution is -2.52. The number of nitrogens with zero attached hydrogens (tertiary/aromatic N) is 7. The Morgan fingerprint density at radius 2 is 1.89 bits per heavy atom. The van der Waals surface area contributed by atoms with Gasteiger partial charge in [0.05, 0.1) is 40.7 Å². The summed E-state index contributed by atoms with van der Waals surface area (Å²) in [5.74, 6) is -1.36. The van der Waals surface area contributed by atoms with Gasteiger partial charge >= 0.3 is 6.18 Å². The molecule has 3 aliphatic heterocycles. The van der Waals surface area contributed by atoms with E-state index >= 15 is 0 Å². The molecule has 3 aliphatic rings. The van der Waals surface area contributed by atoms with Crippen molar-refractivity contribution in [2.45, 2.75) is 58.2 Å². The van der Waals surface area contributed by atoms with Crippen LogP contribution in [0, 0.1) is 12.8 Å². The maximum atomic E-state index is 14.1. The Labute approximate surface area is 267 Å². The van der Waals surface area contributed by atoms with Crippen LogP contribution in [0.4, 0.5) is 30.4 Å². The highest BCUT2D eigenvalue weighted by Crippen LogP contribution is 2.43. The standard InChI is InChI=1S/C30H30Cl2F3N7O3/c1-16-7-19(30(33,34)35)9-23(36-16)42-25(43)8-18-12-40(28-21(32)5-4-6-22(28)38(3)29(45)27(18)42)14-20-13-39-11-17(2)41(26(44)10-31)15-24(39)37-20/h4-7,9,13,17-18,27H,8,10-12,14-15H2,1-3H3/t17?,18-,27+/m1/s1. The number of imidazole rings is 1. The van der Waals surface area contributed by atoms with Gasteiger partial charge in [-0.1, -0.05) is 17.7 Å². The summed E-state index contributed by atoms with van der Waals surface area (Å²) in [6, 6.07) is 5.69. The summed E-state index contributed by atoms with van der Waals surface area (Å²) in [7, 11) is 1.56. The molecule has 1 aromatic carbocycles. The molecule has 3 atom stereocenters. The Balaban J connectivity index is 1.39. The van der Waals surface area contributed by atoms with E-state index in [1.54, 1.807) is 30.1 Å². The van der Waals surface area contributed by atoms with E-state index in [1.807, 2.05) is 22.6 Å². The van der Waals surface area contributed by atoms with Crippen LogP contribution in [0.3, 0.4) is 0 Å². The predicted molar refractivity (Wildman–Crippen MR) is 162 cm³/mol. The molecule has 2 aromatic heterocycles. The molecule has 15 heteroatoms. The van der Waals surface area contributed by atoms with Gasteiger partial charge in [-0.15, -0.1) is 11.6 Å². The van der Waals surface area contributed by atoms with Crippen LogP contribution in [0.5, 0.6) is 0 Å². The number of hydrogen-bond donors (Lipinski definition) is 0. The van der Waals surface area contributed by atoms with Gasteiger partial charge in [0.25, 0.3) is 0 Å². The molecule has 1 unspecified atom stereocenters. The summed E-state index contributed by atoms with van der Waals surface area (Å²) in [5.41, 5.74) is 0.869. The Morgan fingerprint density at radius 1 is 1.13 bits per heavy atom. The number of pyridine rings is 1. The van der Waals surface area contributed by atoms with Crippen LogP contribution in [0.1, 0.15) is 36.1 Å². The number of aromatic nitrogens is 3. The zero-order valence-corrected chi connectivity index (χ0v) is 26.2. The van der Waals surface area contributed by atoms with Crippen molar-refractivity contribution in [1.29, 1.82) is 0 Å². The first-order chi connectivity index (χ1) is 21.3. The Hall–Kier alpha value is -3.84. The van der Waals surface area contributed by atoms with E-state index in [0.29, 0.717) is 41.0 Å². The molecule has 238 valence electrons. The van der Waals surface area contributed by atoms with Crippen LogP contribution in [-0.4, -0.2) is 68.7 Å². The minimum atomic E-state index is -4.66. The third kappa shape index (κ3) is 5.60. The molecule has 0 spiro atoms. The van der Waals surface area contributed by atoms with Gasteiger partial charge < -0.3 is 19.3 Å². The average Bonchev–Trinajstić information content (AvgIpc) is 3.52. The van der Waals surface area contributed by atoms with Crippen LogP contribution in [0.15, 0.2) is 36.5 Å². The lowest BCUT2D eigenvalue weighted by Gasteiger charge is -2.39. The van der Waals surface area contributed by atoms with E-state index in [0.717, 1.165) is 17.0 Å². The van der Waals surface area contributed by atoms with Gasteiger partial charge in [0, 0.05) is 50.4 Å². The number of halogens is 5. The molecule has 5 heterocycles. The predicted octanol–water partition coefficient (Wildman–Crippen LogP) is 4.63. The van der Waals surface area contributed by atoms with Crippen LogP contribution < -0.4 is 14.7 Å². The highest BCUT2D eigenvalue weighted by molar-refractivity contribution is 6.34. The number of carbonyl (C=O) groups is 3. The summed E-state index contributed by atoms with van der Waals surface area (Å²) in [6.07, 6.45) is -2.82. The number of fused-ring (bicyclic) bond motifs is 3. The number of amides is 3. The monoisotopic (exact) mass is 663 g/mol.